The summed E-state index contributed by atoms with van der Waals surface area (Å²) in [6.07, 6.45) is -0.580. The number of hydrogen-bond acceptors (Lipinski definition) is 6. The van der Waals surface area contributed by atoms with E-state index in [4.69, 9.17) is 10.4 Å². The third-order valence-electron chi connectivity index (χ3n) is 3.79. The third-order valence-corrected chi connectivity index (χ3v) is 3.79. The average Bonchev–Trinajstić information content (AvgIpc) is 2.44. The minimum absolute atomic E-state index is 0.164. The number of rotatable bonds is 4. The molecule has 6 N–H and O–H groups in total. The maximum absolute atomic E-state index is 11.9. The number of amides is 2. The standard InChI is InChI=1S/C10H14N2O8/c13-5(11-19)9(6(14)12-20)3-1-2-4-10(9,7(15)16)8(17)18/h19-20H,1-4H2,(H,11,13)(H,12,14)(H,15,16)(H,17,18). The molecule has 1 aliphatic carbocycles. The van der Waals surface area contributed by atoms with Gasteiger partial charge in [-0.05, 0) is 12.8 Å². The van der Waals surface area contributed by atoms with Gasteiger partial charge in [-0.2, -0.15) is 0 Å². The predicted molar refractivity (Wildman–Crippen MR) is 58.5 cm³/mol. The van der Waals surface area contributed by atoms with Crippen molar-refractivity contribution in [2.24, 2.45) is 10.8 Å². The van der Waals surface area contributed by atoms with Crippen LogP contribution in [0.1, 0.15) is 25.7 Å². The Morgan fingerprint density at radius 1 is 0.750 bits per heavy atom. The Bertz CT molecular complexity index is 430. The lowest BCUT2D eigenvalue weighted by molar-refractivity contribution is -0.193. The summed E-state index contributed by atoms with van der Waals surface area (Å²) in [6.45, 7) is 0. The molecule has 0 spiro atoms. The lowest BCUT2D eigenvalue weighted by atomic mass is 9.54. The number of nitrogens with one attached hydrogen (secondary N) is 2. The number of carbonyl (C=O) groups excluding carboxylic acids is 2. The highest BCUT2D eigenvalue weighted by molar-refractivity contribution is 6.16. The largest absolute Gasteiger partial charge is 0.480 e. The molecule has 0 radical (unpaired) electrons. The van der Waals surface area contributed by atoms with Gasteiger partial charge in [0.2, 0.25) is 0 Å². The molecule has 112 valence electrons. The van der Waals surface area contributed by atoms with E-state index in [1.165, 1.54) is 0 Å². The molecule has 1 aliphatic rings. The number of hydrogen-bond donors (Lipinski definition) is 6. The van der Waals surface area contributed by atoms with Crippen molar-refractivity contribution >= 4 is 23.8 Å². The zero-order chi connectivity index (χ0) is 15.6. The first kappa shape index (κ1) is 15.9. The summed E-state index contributed by atoms with van der Waals surface area (Å²) in [7, 11) is 0. The van der Waals surface area contributed by atoms with E-state index >= 15 is 0 Å². The average molecular weight is 290 g/mol. The van der Waals surface area contributed by atoms with E-state index in [1.54, 1.807) is 0 Å². The maximum atomic E-state index is 11.9. The highest BCUT2D eigenvalue weighted by Crippen LogP contribution is 2.51. The van der Waals surface area contributed by atoms with Crippen molar-refractivity contribution in [2.45, 2.75) is 25.7 Å². The molecule has 20 heavy (non-hydrogen) atoms. The van der Waals surface area contributed by atoms with Crippen LogP contribution in [0.2, 0.25) is 0 Å². The number of hydroxylamine groups is 2. The van der Waals surface area contributed by atoms with Gasteiger partial charge in [-0.3, -0.25) is 29.6 Å². The van der Waals surface area contributed by atoms with Gasteiger partial charge in [0.05, 0.1) is 0 Å². The predicted octanol–water partition coefficient (Wildman–Crippen LogP) is -1.29. The summed E-state index contributed by atoms with van der Waals surface area (Å²) in [5, 5.41) is 36.0. The van der Waals surface area contributed by atoms with E-state index in [0.717, 1.165) is 11.0 Å². The Labute approximate surface area is 112 Å². The van der Waals surface area contributed by atoms with Gasteiger partial charge in [-0.1, -0.05) is 12.8 Å². The first-order chi connectivity index (χ1) is 9.31. The van der Waals surface area contributed by atoms with E-state index in [9.17, 15) is 29.4 Å². The van der Waals surface area contributed by atoms with E-state index in [2.05, 4.69) is 0 Å². The summed E-state index contributed by atoms with van der Waals surface area (Å²) in [5.74, 6) is -6.77. The van der Waals surface area contributed by atoms with Crippen molar-refractivity contribution in [3.63, 3.8) is 0 Å². The highest BCUT2D eigenvalue weighted by atomic mass is 16.5. The van der Waals surface area contributed by atoms with Gasteiger partial charge in [0, 0.05) is 0 Å². The molecule has 0 aromatic carbocycles. The van der Waals surface area contributed by atoms with Crippen molar-refractivity contribution in [3.8, 4) is 0 Å². The minimum atomic E-state index is -2.77. The normalized spacial score (nSPS) is 19.7. The summed E-state index contributed by atoms with van der Waals surface area (Å²) in [6, 6.07) is 0. The lowest BCUT2D eigenvalue weighted by Gasteiger charge is -2.44. The van der Waals surface area contributed by atoms with Crippen LogP contribution in [-0.2, 0) is 19.2 Å². The minimum Gasteiger partial charge on any atom is -0.480 e. The number of carboxylic acid groups (broad SMARTS) is 2. The van der Waals surface area contributed by atoms with Crippen LogP contribution in [0.4, 0.5) is 0 Å². The molecule has 1 saturated carbocycles. The molecule has 1 rings (SSSR count). The lowest BCUT2D eigenvalue weighted by Crippen LogP contribution is -2.66. The summed E-state index contributed by atoms with van der Waals surface area (Å²) in [5.41, 5.74) is -3.18. The van der Waals surface area contributed by atoms with Crippen LogP contribution in [0.15, 0.2) is 0 Å². The first-order valence-corrected chi connectivity index (χ1v) is 5.67. The molecule has 0 atom stereocenters. The van der Waals surface area contributed by atoms with Gasteiger partial charge in [-0.25, -0.2) is 11.0 Å². The van der Waals surface area contributed by atoms with E-state index in [1.807, 2.05) is 0 Å². The second-order valence-electron chi connectivity index (χ2n) is 4.51. The SMILES string of the molecule is O=C(O)C1(C(=O)O)CCCCC1(C(=O)NO)C(=O)NO. The molecule has 0 bridgehead atoms. The highest BCUT2D eigenvalue weighted by Gasteiger charge is 2.71. The Hall–Kier alpha value is -2.20. The second-order valence-corrected chi connectivity index (χ2v) is 4.51. The van der Waals surface area contributed by atoms with Gasteiger partial charge >= 0.3 is 11.9 Å². The van der Waals surface area contributed by atoms with E-state index in [-0.39, 0.29) is 12.8 Å². The van der Waals surface area contributed by atoms with Gasteiger partial charge in [0.15, 0.2) is 10.8 Å². The van der Waals surface area contributed by atoms with Crippen LogP contribution in [0.5, 0.6) is 0 Å². The maximum Gasteiger partial charge on any atom is 0.322 e. The molecule has 0 unspecified atom stereocenters. The fourth-order valence-corrected chi connectivity index (χ4v) is 2.79. The van der Waals surface area contributed by atoms with Crippen LogP contribution < -0.4 is 11.0 Å². The zero-order valence-electron chi connectivity index (χ0n) is 10.3. The number of carbonyl (C=O) groups is 4. The molecule has 0 aliphatic heterocycles. The molecular formula is C10H14N2O8. The van der Waals surface area contributed by atoms with Gasteiger partial charge in [0.25, 0.3) is 11.8 Å². The van der Waals surface area contributed by atoms with Crippen molar-refractivity contribution in [1.29, 1.82) is 0 Å². The first-order valence-electron chi connectivity index (χ1n) is 5.67. The molecule has 0 aromatic rings. The second kappa shape index (κ2) is 5.43. The van der Waals surface area contributed by atoms with Gasteiger partial charge in [0.1, 0.15) is 0 Å². The molecule has 0 saturated heterocycles. The van der Waals surface area contributed by atoms with Gasteiger partial charge in [-0.15, -0.1) is 0 Å². The topological polar surface area (TPSA) is 173 Å². The van der Waals surface area contributed by atoms with E-state index in [0.29, 0.717) is 0 Å². The van der Waals surface area contributed by atoms with Crippen LogP contribution in [0.25, 0.3) is 0 Å². The van der Waals surface area contributed by atoms with Crippen molar-refractivity contribution < 1.29 is 39.8 Å². The molecule has 0 heterocycles. The molecule has 10 heteroatoms. The summed E-state index contributed by atoms with van der Waals surface area (Å²) >= 11 is 0. The Balaban J connectivity index is 3.65. The van der Waals surface area contributed by atoms with E-state index < -0.39 is 47.4 Å². The van der Waals surface area contributed by atoms with Crippen LogP contribution in [0.3, 0.4) is 0 Å². The van der Waals surface area contributed by atoms with Crippen LogP contribution in [-0.4, -0.2) is 44.4 Å². The van der Waals surface area contributed by atoms with Crippen molar-refractivity contribution in [3.05, 3.63) is 0 Å². The Morgan fingerprint density at radius 2 is 1.10 bits per heavy atom. The van der Waals surface area contributed by atoms with Crippen molar-refractivity contribution in [2.75, 3.05) is 0 Å². The third kappa shape index (κ3) is 1.80. The Kier molecular flexibility index (Phi) is 4.30. The number of aliphatic carboxylic acids is 2. The molecule has 1 fully saturated rings. The zero-order valence-corrected chi connectivity index (χ0v) is 10.3. The summed E-state index contributed by atoms with van der Waals surface area (Å²) in [4.78, 5) is 46.6. The molecule has 10 nitrogen and oxygen atoms in total. The summed E-state index contributed by atoms with van der Waals surface area (Å²) < 4.78 is 0. The fourth-order valence-electron chi connectivity index (χ4n) is 2.79. The molecule has 2 amide bonds. The monoisotopic (exact) mass is 290 g/mol. The Morgan fingerprint density at radius 3 is 1.40 bits per heavy atom. The van der Waals surface area contributed by atoms with Gasteiger partial charge < -0.3 is 10.2 Å². The quantitative estimate of drug-likeness (QED) is 0.211. The van der Waals surface area contributed by atoms with Crippen molar-refractivity contribution in [1.82, 2.24) is 11.0 Å². The van der Waals surface area contributed by atoms with Crippen LogP contribution in [0, 0.1) is 10.8 Å². The fraction of sp³-hybridized carbons (Fsp3) is 0.600. The number of carboxylic acids is 2. The molecular weight excluding hydrogens is 276 g/mol. The smallest absolute Gasteiger partial charge is 0.322 e. The van der Waals surface area contributed by atoms with Crippen LogP contribution >= 0.6 is 0 Å². The molecule has 0 aromatic heterocycles.